The van der Waals surface area contributed by atoms with Gasteiger partial charge in [0.05, 0.1) is 13.2 Å². The number of benzene rings is 1. The third-order valence-electron chi connectivity index (χ3n) is 6.08. The Morgan fingerprint density at radius 2 is 2.06 bits per heavy atom. The van der Waals surface area contributed by atoms with Crippen LogP contribution in [-0.4, -0.2) is 35.3 Å². The molecule has 2 N–H and O–H groups in total. The maximum atomic E-state index is 13.1. The second kappa shape index (κ2) is 10.6. The maximum Gasteiger partial charge on any atom is 0.243 e. The highest BCUT2D eigenvalue weighted by molar-refractivity contribution is 7.15. The first-order valence-corrected chi connectivity index (χ1v) is 12.2. The van der Waals surface area contributed by atoms with Gasteiger partial charge < -0.3 is 10.1 Å². The molecule has 1 aliphatic rings. The number of nitrogens with zero attached hydrogens (tertiary/aromatic N) is 2. The number of methoxy groups -OCH3 is 1. The maximum absolute atomic E-state index is 13.1. The Morgan fingerprint density at radius 3 is 2.77 bits per heavy atom. The van der Waals surface area contributed by atoms with Crippen molar-refractivity contribution < 1.29 is 9.53 Å². The van der Waals surface area contributed by atoms with Crippen molar-refractivity contribution >= 4 is 22.4 Å². The van der Waals surface area contributed by atoms with Crippen molar-refractivity contribution in [2.24, 2.45) is 0 Å². The molecule has 0 fully saturated rings. The Morgan fingerprint density at radius 1 is 1.26 bits per heavy atom. The van der Waals surface area contributed by atoms with E-state index in [2.05, 4.69) is 60.7 Å². The summed E-state index contributed by atoms with van der Waals surface area (Å²) in [5.74, 6) is 0.870. The SMILES string of the molecule is CCC[C@H](NC1CCc2ccc(OC)cc2C1)C(=O)Nc1nnc(C(C)(C)CCC)s1. The normalized spacial score (nSPS) is 17.1. The van der Waals surface area contributed by atoms with Gasteiger partial charge in [-0.2, -0.15) is 0 Å². The van der Waals surface area contributed by atoms with E-state index in [4.69, 9.17) is 4.74 Å². The minimum absolute atomic E-state index is 0.0192. The summed E-state index contributed by atoms with van der Waals surface area (Å²) in [4.78, 5) is 13.1. The average Bonchev–Trinajstić information content (AvgIpc) is 3.22. The first kappa shape index (κ1) is 23.7. The first-order valence-electron chi connectivity index (χ1n) is 11.4. The number of carbonyl (C=O) groups excluding carboxylic acids is 1. The van der Waals surface area contributed by atoms with E-state index in [-0.39, 0.29) is 23.4 Å². The van der Waals surface area contributed by atoms with Gasteiger partial charge in [0.25, 0.3) is 0 Å². The highest BCUT2D eigenvalue weighted by atomic mass is 32.1. The number of aryl methyl sites for hydroxylation is 1. The smallest absolute Gasteiger partial charge is 0.243 e. The summed E-state index contributed by atoms with van der Waals surface area (Å²) in [7, 11) is 1.70. The molecule has 0 bridgehead atoms. The molecule has 0 saturated carbocycles. The molecule has 1 aromatic carbocycles. The van der Waals surface area contributed by atoms with Gasteiger partial charge in [0.15, 0.2) is 0 Å². The third-order valence-corrected chi connectivity index (χ3v) is 7.29. The largest absolute Gasteiger partial charge is 0.497 e. The highest BCUT2D eigenvalue weighted by Gasteiger charge is 2.28. The quantitative estimate of drug-likeness (QED) is 0.546. The Hall–Kier alpha value is -1.99. The third kappa shape index (κ3) is 6.04. The van der Waals surface area contributed by atoms with Crippen LogP contribution in [0.25, 0.3) is 0 Å². The van der Waals surface area contributed by atoms with Crippen LogP contribution in [0.1, 0.15) is 75.9 Å². The van der Waals surface area contributed by atoms with Crippen LogP contribution >= 0.6 is 11.3 Å². The number of amides is 1. The summed E-state index contributed by atoms with van der Waals surface area (Å²) in [6.45, 7) is 8.64. The number of fused-ring (bicyclic) bond motifs is 1. The van der Waals surface area contributed by atoms with Crippen molar-refractivity contribution in [2.75, 3.05) is 12.4 Å². The van der Waals surface area contributed by atoms with Gasteiger partial charge in [-0.15, -0.1) is 10.2 Å². The van der Waals surface area contributed by atoms with E-state index >= 15 is 0 Å². The second-order valence-electron chi connectivity index (χ2n) is 9.12. The molecular weight excluding hydrogens is 408 g/mol. The molecule has 6 nitrogen and oxygen atoms in total. The zero-order valence-corrected chi connectivity index (χ0v) is 20.3. The van der Waals surface area contributed by atoms with E-state index < -0.39 is 0 Å². The monoisotopic (exact) mass is 444 g/mol. The van der Waals surface area contributed by atoms with Crippen molar-refractivity contribution in [1.82, 2.24) is 15.5 Å². The van der Waals surface area contributed by atoms with Crippen LogP contribution in [0.15, 0.2) is 18.2 Å². The zero-order valence-electron chi connectivity index (χ0n) is 19.5. The number of anilines is 1. The predicted octanol–water partition coefficient (Wildman–Crippen LogP) is 4.88. The summed E-state index contributed by atoms with van der Waals surface area (Å²) >= 11 is 1.49. The van der Waals surface area contributed by atoms with Gasteiger partial charge in [-0.3, -0.25) is 10.1 Å². The molecule has 31 heavy (non-hydrogen) atoms. The topological polar surface area (TPSA) is 76.1 Å². The molecule has 2 atom stereocenters. The van der Waals surface area contributed by atoms with Crippen LogP contribution in [0, 0.1) is 0 Å². The van der Waals surface area contributed by atoms with E-state index in [1.807, 2.05) is 6.07 Å². The fraction of sp³-hybridized carbons (Fsp3) is 0.625. The van der Waals surface area contributed by atoms with Crippen LogP contribution in [0.2, 0.25) is 0 Å². The Kier molecular flexibility index (Phi) is 8.06. The molecular formula is C24H36N4O2S. The number of ether oxygens (including phenoxy) is 1. The van der Waals surface area contributed by atoms with E-state index in [1.54, 1.807) is 7.11 Å². The molecule has 1 unspecified atom stereocenters. The fourth-order valence-electron chi connectivity index (χ4n) is 4.34. The second-order valence-corrected chi connectivity index (χ2v) is 10.1. The highest BCUT2D eigenvalue weighted by Crippen LogP contribution is 2.32. The Bertz CT molecular complexity index is 880. The lowest BCUT2D eigenvalue weighted by Gasteiger charge is -2.29. The van der Waals surface area contributed by atoms with E-state index in [0.717, 1.165) is 55.7 Å². The molecule has 3 rings (SSSR count). The van der Waals surface area contributed by atoms with Crippen molar-refractivity contribution in [3.63, 3.8) is 0 Å². The number of hydrogen-bond donors (Lipinski definition) is 2. The molecule has 2 aromatic rings. The van der Waals surface area contributed by atoms with Crippen LogP contribution in [0.5, 0.6) is 5.75 Å². The minimum atomic E-state index is -0.238. The Balaban J connectivity index is 1.64. The Labute approximate surface area is 190 Å². The van der Waals surface area contributed by atoms with Gasteiger partial charge in [0.1, 0.15) is 10.8 Å². The molecule has 1 aromatic heterocycles. The lowest BCUT2D eigenvalue weighted by Crippen LogP contribution is -2.47. The number of carbonyl (C=O) groups is 1. The average molecular weight is 445 g/mol. The van der Waals surface area contributed by atoms with Gasteiger partial charge in [-0.05, 0) is 55.4 Å². The number of nitrogens with one attached hydrogen (secondary N) is 2. The lowest BCUT2D eigenvalue weighted by molar-refractivity contribution is -0.118. The van der Waals surface area contributed by atoms with Crippen LogP contribution < -0.4 is 15.4 Å². The van der Waals surface area contributed by atoms with Crippen LogP contribution in [-0.2, 0) is 23.1 Å². The van der Waals surface area contributed by atoms with Crippen LogP contribution in [0.3, 0.4) is 0 Å². The molecule has 0 spiro atoms. The van der Waals surface area contributed by atoms with Crippen molar-refractivity contribution in [3.8, 4) is 5.75 Å². The summed E-state index contributed by atoms with van der Waals surface area (Å²) in [6, 6.07) is 6.35. The first-order chi connectivity index (χ1) is 14.9. The van der Waals surface area contributed by atoms with Gasteiger partial charge in [0, 0.05) is 11.5 Å². The molecule has 1 heterocycles. The molecule has 7 heteroatoms. The summed E-state index contributed by atoms with van der Waals surface area (Å²) in [6.07, 6.45) is 6.82. The van der Waals surface area contributed by atoms with E-state index in [9.17, 15) is 4.79 Å². The van der Waals surface area contributed by atoms with E-state index in [1.165, 1.54) is 22.5 Å². The molecule has 0 saturated heterocycles. The molecule has 0 aliphatic heterocycles. The van der Waals surface area contributed by atoms with Crippen molar-refractivity contribution in [2.45, 2.75) is 90.1 Å². The van der Waals surface area contributed by atoms with Crippen LogP contribution in [0.4, 0.5) is 5.13 Å². The van der Waals surface area contributed by atoms with E-state index in [0.29, 0.717) is 5.13 Å². The van der Waals surface area contributed by atoms with Gasteiger partial charge >= 0.3 is 0 Å². The lowest BCUT2D eigenvalue weighted by atomic mass is 9.87. The molecule has 1 aliphatic carbocycles. The van der Waals surface area contributed by atoms with Gasteiger partial charge in [-0.25, -0.2) is 0 Å². The van der Waals surface area contributed by atoms with Gasteiger partial charge in [0.2, 0.25) is 11.0 Å². The van der Waals surface area contributed by atoms with Crippen molar-refractivity contribution in [3.05, 3.63) is 34.3 Å². The molecule has 170 valence electrons. The number of aromatic nitrogens is 2. The number of rotatable bonds is 10. The fourth-order valence-corrected chi connectivity index (χ4v) is 5.21. The van der Waals surface area contributed by atoms with Gasteiger partial charge in [-0.1, -0.05) is 57.9 Å². The standard InChI is InChI=1S/C24H36N4O2S/c1-6-8-20(21(29)26-23-28-27-22(31-23)24(3,4)13-7-2)25-18-11-9-16-10-12-19(30-5)15-17(16)14-18/h10,12,15,18,20,25H,6-9,11,13-14H2,1-5H3,(H,26,28,29)/t18?,20-/m0/s1. The summed E-state index contributed by atoms with van der Waals surface area (Å²) < 4.78 is 5.38. The zero-order chi connectivity index (χ0) is 22.4. The van der Waals surface area contributed by atoms with Crippen molar-refractivity contribution in [1.29, 1.82) is 0 Å². The number of hydrogen-bond acceptors (Lipinski definition) is 6. The summed E-state index contributed by atoms with van der Waals surface area (Å²) in [5, 5.41) is 16.8. The minimum Gasteiger partial charge on any atom is -0.497 e. The molecule has 0 radical (unpaired) electrons. The molecule has 1 amide bonds. The summed E-state index contributed by atoms with van der Waals surface area (Å²) in [5.41, 5.74) is 2.67. The predicted molar refractivity (Wildman–Crippen MR) is 127 cm³/mol.